The Morgan fingerprint density at radius 2 is 2.14 bits per heavy atom. The minimum Gasteiger partial charge on any atom is -0.487 e. The third-order valence-electron chi connectivity index (χ3n) is 1.94. The van der Waals surface area contributed by atoms with Gasteiger partial charge in [0, 0.05) is 0 Å². The Kier molecular flexibility index (Phi) is 4.98. The first-order valence-corrected chi connectivity index (χ1v) is 5.59. The standard InChI is InChI=1S/C11H15BrO2/c1-2-5-9(8-13)14-11-7-4-3-6-10(11)12/h3-4,6-7,9,13H,2,5,8H2,1H3. The number of rotatable bonds is 5. The van der Waals surface area contributed by atoms with E-state index in [1.807, 2.05) is 24.3 Å². The Morgan fingerprint density at radius 1 is 1.43 bits per heavy atom. The second kappa shape index (κ2) is 6.04. The molecule has 0 fully saturated rings. The maximum Gasteiger partial charge on any atom is 0.134 e. The van der Waals surface area contributed by atoms with Crippen molar-refractivity contribution in [3.63, 3.8) is 0 Å². The Labute approximate surface area is 93.0 Å². The maximum absolute atomic E-state index is 9.07. The predicted octanol–water partition coefficient (Wildman–Crippen LogP) is 2.99. The van der Waals surface area contributed by atoms with Crippen LogP contribution in [0.5, 0.6) is 5.75 Å². The van der Waals surface area contributed by atoms with Gasteiger partial charge >= 0.3 is 0 Å². The molecule has 1 aromatic rings. The molecule has 0 radical (unpaired) electrons. The molecule has 1 atom stereocenters. The van der Waals surface area contributed by atoms with E-state index >= 15 is 0 Å². The smallest absolute Gasteiger partial charge is 0.134 e. The monoisotopic (exact) mass is 258 g/mol. The van der Waals surface area contributed by atoms with E-state index in [1.54, 1.807) is 0 Å². The Bertz CT molecular complexity index is 276. The Morgan fingerprint density at radius 3 is 2.71 bits per heavy atom. The summed E-state index contributed by atoms with van der Waals surface area (Å²) >= 11 is 3.40. The van der Waals surface area contributed by atoms with Crippen molar-refractivity contribution >= 4 is 15.9 Å². The molecule has 0 saturated heterocycles. The van der Waals surface area contributed by atoms with Crippen molar-refractivity contribution in [1.82, 2.24) is 0 Å². The summed E-state index contributed by atoms with van der Waals surface area (Å²) in [6.07, 6.45) is 1.78. The van der Waals surface area contributed by atoms with Crippen molar-refractivity contribution in [1.29, 1.82) is 0 Å². The zero-order valence-corrected chi connectivity index (χ0v) is 9.83. The fourth-order valence-electron chi connectivity index (χ4n) is 1.23. The number of benzene rings is 1. The molecular weight excluding hydrogens is 244 g/mol. The van der Waals surface area contributed by atoms with Crippen LogP contribution in [0.4, 0.5) is 0 Å². The molecule has 1 aromatic carbocycles. The van der Waals surface area contributed by atoms with Gasteiger partial charge in [0.2, 0.25) is 0 Å². The van der Waals surface area contributed by atoms with Crippen LogP contribution < -0.4 is 4.74 Å². The topological polar surface area (TPSA) is 29.5 Å². The van der Waals surface area contributed by atoms with Crippen molar-refractivity contribution in [2.75, 3.05) is 6.61 Å². The summed E-state index contributed by atoms with van der Waals surface area (Å²) in [5.74, 6) is 0.792. The number of aliphatic hydroxyl groups excluding tert-OH is 1. The molecule has 0 aliphatic heterocycles. The van der Waals surface area contributed by atoms with Gasteiger partial charge in [-0.15, -0.1) is 0 Å². The molecule has 78 valence electrons. The molecule has 1 N–H and O–H groups in total. The lowest BCUT2D eigenvalue weighted by Gasteiger charge is -2.16. The molecule has 0 saturated carbocycles. The number of hydrogen-bond donors (Lipinski definition) is 1. The highest BCUT2D eigenvalue weighted by Crippen LogP contribution is 2.25. The van der Waals surface area contributed by atoms with Crippen molar-refractivity contribution < 1.29 is 9.84 Å². The van der Waals surface area contributed by atoms with Gasteiger partial charge in [0.25, 0.3) is 0 Å². The first kappa shape index (κ1) is 11.5. The maximum atomic E-state index is 9.07. The van der Waals surface area contributed by atoms with E-state index in [1.165, 1.54) is 0 Å². The van der Waals surface area contributed by atoms with Gasteiger partial charge in [-0.05, 0) is 34.5 Å². The zero-order valence-electron chi connectivity index (χ0n) is 8.24. The van der Waals surface area contributed by atoms with E-state index in [4.69, 9.17) is 9.84 Å². The van der Waals surface area contributed by atoms with Crippen LogP contribution in [0.25, 0.3) is 0 Å². The molecule has 0 aliphatic rings. The molecule has 1 unspecified atom stereocenters. The highest BCUT2D eigenvalue weighted by Gasteiger charge is 2.09. The Balaban J connectivity index is 2.62. The van der Waals surface area contributed by atoms with E-state index in [9.17, 15) is 0 Å². The van der Waals surface area contributed by atoms with Crippen molar-refractivity contribution in [2.24, 2.45) is 0 Å². The lowest BCUT2D eigenvalue weighted by molar-refractivity contribution is 0.107. The largest absolute Gasteiger partial charge is 0.487 e. The summed E-state index contributed by atoms with van der Waals surface area (Å²) in [5.41, 5.74) is 0. The molecule has 0 aromatic heterocycles. The van der Waals surface area contributed by atoms with Crippen LogP contribution >= 0.6 is 15.9 Å². The van der Waals surface area contributed by atoms with Crippen LogP contribution in [0.2, 0.25) is 0 Å². The highest BCUT2D eigenvalue weighted by molar-refractivity contribution is 9.10. The number of para-hydroxylation sites is 1. The Hall–Kier alpha value is -0.540. The van der Waals surface area contributed by atoms with Gasteiger partial charge in [-0.2, -0.15) is 0 Å². The van der Waals surface area contributed by atoms with E-state index in [2.05, 4.69) is 22.9 Å². The number of halogens is 1. The molecule has 0 spiro atoms. The molecule has 0 aliphatic carbocycles. The van der Waals surface area contributed by atoms with Crippen LogP contribution in [0.15, 0.2) is 28.7 Å². The second-order valence-corrected chi connectivity index (χ2v) is 4.00. The SMILES string of the molecule is CCCC(CO)Oc1ccccc1Br. The minimum atomic E-state index is -0.0984. The van der Waals surface area contributed by atoms with Gasteiger partial charge in [-0.25, -0.2) is 0 Å². The minimum absolute atomic E-state index is 0.0647. The lowest BCUT2D eigenvalue weighted by atomic mass is 10.2. The van der Waals surface area contributed by atoms with E-state index in [0.717, 1.165) is 23.1 Å². The summed E-state index contributed by atoms with van der Waals surface area (Å²) in [5, 5.41) is 9.07. The fourth-order valence-corrected chi connectivity index (χ4v) is 1.61. The summed E-state index contributed by atoms with van der Waals surface area (Å²) in [6, 6.07) is 7.67. The van der Waals surface area contributed by atoms with Gasteiger partial charge < -0.3 is 9.84 Å². The summed E-state index contributed by atoms with van der Waals surface area (Å²) < 4.78 is 6.56. The fraction of sp³-hybridized carbons (Fsp3) is 0.455. The van der Waals surface area contributed by atoms with Crippen molar-refractivity contribution in [3.8, 4) is 5.75 Å². The van der Waals surface area contributed by atoms with E-state index < -0.39 is 0 Å². The zero-order chi connectivity index (χ0) is 10.4. The summed E-state index contributed by atoms with van der Waals surface area (Å²) in [6.45, 7) is 2.14. The van der Waals surface area contributed by atoms with Crippen LogP contribution in [0.3, 0.4) is 0 Å². The quantitative estimate of drug-likeness (QED) is 0.880. The molecule has 0 heterocycles. The predicted molar refractivity (Wildman–Crippen MR) is 60.6 cm³/mol. The van der Waals surface area contributed by atoms with Gasteiger partial charge in [-0.3, -0.25) is 0 Å². The summed E-state index contributed by atoms with van der Waals surface area (Å²) in [4.78, 5) is 0. The van der Waals surface area contributed by atoms with Crippen molar-refractivity contribution in [2.45, 2.75) is 25.9 Å². The molecule has 3 heteroatoms. The van der Waals surface area contributed by atoms with Crippen molar-refractivity contribution in [3.05, 3.63) is 28.7 Å². The molecule has 0 bridgehead atoms. The summed E-state index contributed by atoms with van der Waals surface area (Å²) in [7, 11) is 0. The van der Waals surface area contributed by atoms with Crippen LogP contribution in [0, 0.1) is 0 Å². The van der Waals surface area contributed by atoms with Crippen LogP contribution in [0.1, 0.15) is 19.8 Å². The van der Waals surface area contributed by atoms with Crippen LogP contribution in [-0.2, 0) is 0 Å². The highest BCUT2D eigenvalue weighted by atomic mass is 79.9. The number of ether oxygens (including phenoxy) is 1. The lowest BCUT2D eigenvalue weighted by Crippen LogP contribution is -2.20. The molecule has 0 amide bonds. The second-order valence-electron chi connectivity index (χ2n) is 3.14. The molecule has 1 rings (SSSR count). The molecule has 14 heavy (non-hydrogen) atoms. The van der Waals surface area contributed by atoms with Crippen LogP contribution in [-0.4, -0.2) is 17.8 Å². The number of aliphatic hydroxyl groups is 1. The average molecular weight is 259 g/mol. The average Bonchev–Trinajstić information content (AvgIpc) is 2.20. The van der Waals surface area contributed by atoms with E-state index in [-0.39, 0.29) is 12.7 Å². The third-order valence-corrected chi connectivity index (χ3v) is 2.60. The normalized spacial score (nSPS) is 12.5. The first-order valence-electron chi connectivity index (χ1n) is 4.80. The third kappa shape index (κ3) is 3.31. The molecule has 2 nitrogen and oxygen atoms in total. The number of hydrogen-bond acceptors (Lipinski definition) is 2. The van der Waals surface area contributed by atoms with Gasteiger partial charge in [0.15, 0.2) is 0 Å². The first-order chi connectivity index (χ1) is 6.77. The van der Waals surface area contributed by atoms with Gasteiger partial charge in [-0.1, -0.05) is 25.5 Å². The van der Waals surface area contributed by atoms with Gasteiger partial charge in [0.05, 0.1) is 11.1 Å². The van der Waals surface area contributed by atoms with E-state index in [0.29, 0.717) is 0 Å². The van der Waals surface area contributed by atoms with Gasteiger partial charge in [0.1, 0.15) is 11.9 Å². The molecular formula is C11H15BrO2.